The Balaban J connectivity index is 3.56. The van der Waals surface area contributed by atoms with E-state index in [0.29, 0.717) is 0 Å². The van der Waals surface area contributed by atoms with Gasteiger partial charge in [0.05, 0.1) is 0 Å². The second-order valence-electron chi connectivity index (χ2n) is 1.38. The first-order valence-electron chi connectivity index (χ1n) is 2.39. The third kappa shape index (κ3) is 3.77. The van der Waals surface area contributed by atoms with E-state index in [4.69, 9.17) is 10.2 Å². The Morgan fingerprint density at radius 1 is 1.75 bits per heavy atom. The Bertz CT molecular complexity index is 88.4. The highest BCUT2D eigenvalue weighted by Crippen LogP contribution is 2.01. The molecule has 0 aromatic rings. The minimum absolute atomic E-state index is 0.206. The van der Waals surface area contributed by atoms with Crippen LogP contribution in [-0.4, -0.2) is 16.5 Å². The smallest absolute Gasteiger partial charge is 0.174 e. The zero-order valence-electron chi connectivity index (χ0n) is 4.63. The number of hydrogen-bond acceptors (Lipinski definition) is 2. The number of hydrogen-bond donors (Lipinski definition) is 2. The lowest BCUT2D eigenvalue weighted by molar-refractivity contribution is 0.000688. The number of rotatable bonds is 2. The highest BCUT2D eigenvalue weighted by molar-refractivity contribution is 4.91. The van der Waals surface area contributed by atoms with Gasteiger partial charge in [0.15, 0.2) is 6.29 Å². The molecule has 48 valence electrons. The molecule has 0 aliphatic heterocycles. The Labute approximate surface area is 47.3 Å². The Morgan fingerprint density at radius 3 is 2.38 bits per heavy atom. The molecular formula is C5H9FO2. The maximum absolute atomic E-state index is 11.9. The van der Waals surface area contributed by atoms with Crippen LogP contribution in [0.25, 0.3) is 0 Å². The summed E-state index contributed by atoms with van der Waals surface area (Å²) in [7, 11) is 0. The molecule has 0 heterocycles. The molecule has 2 nitrogen and oxygen atoms in total. The van der Waals surface area contributed by atoms with Gasteiger partial charge in [0.1, 0.15) is 5.83 Å². The maximum Gasteiger partial charge on any atom is 0.174 e. The van der Waals surface area contributed by atoms with Gasteiger partial charge >= 0.3 is 0 Å². The van der Waals surface area contributed by atoms with E-state index in [9.17, 15) is 4.39 Å². The zero-order valence-corrected chi connectivity index (χ0v) is 4.63. The molecule has 0 saturated carbocycles. The van der Waals surface area contributed by atoms with Crippen LogP contribution in [0.2, 0.25) is 0 Å². The van der Waals surface area contributed by atoms with Crippen LogP contribution in [0.4, 0.5) is 4.39 Å². The third-order valence-corrected chi connectivity index (χ3v) is 0.668. The lowest BCUT2D eigenvalue weighted by atomic mass is 10.4. The molecule has 3 heteroatoms. The lowest BCUT2D eigenvalue weighted by Crippen LogP contribution is -1.98. The molecule has 8 heavy (non-hydrogen) atoms. The van der Waals surface area contributed by atoms with Crippen molar-refractivity contribution in [3.05, 3.63) is 11.9 Å². The van der Waals surface area contributed by atoms with E-state index in [2.05, 4.69) is 0 Å². The Hall–Kier alpha value is -0.410. The topological polar surface area (TPSA) is 40.5 Å². The van der Waals surface area contributed by atoms with Crippen LogP contribution < -0.4 is 0 Å². The van der Waals surface area contributed by atoms with Crippen LogP contribution in [0.3, 0.4) is 0 Å². The first-order chi connectivity index (χ1) is 3.66. The first-order valence-corrected chi connectivity index (χ1v) is 2.39. The summed E-state index contributed by atoms with van der Waals surface area (Å²) in [5, 5.41) is 16.2. The van der Waals surface area contributed by atoms with Crippen LogP contribution in [0.1, 0.15) is 13.3 Å². The molecule has 0 amide bonds. The molecule has 2 N–H and O–H groups in total. The molecule has 0 saturated heterocycles. The molecule has 0 aromatic heterocycles. The zero-order chi connectivity index (χ0) is 6.57. The predicted molar refractivity (Wildman–Crippen MR) is 27.7 cm³/mol. The van der Waals surface area contributed by atoms with Crippen LogP contribution in [0.5, 0.6) is 0 Å². The van der Waals surface area contributed by atoms with E-state index in [-0.39, 0.29) is 6.42 Å². The van der Waals surface area contributed by atoms with Gasteiger partial charge in [-0.1, -0.05) is 6.92 Å². The molecule has 0 radical (unpaired) electrons. The van der Waals surface area contributed by atoms with Crippen LogP contribution in [-0.2, 0) is 0 Å². The molecular weight excluding hydrogens is 111 g/mol. The number of halogens is 1. The van der Waals surface area contributed by atoms with Crippen molar-refractivity contribution >= 4 is 0 Å². The van der Waals surface area contributed by atoms with E-state index in [0.717, 1.165) is 6.08 Å². The molecule has 0 aliphatic rings. The second-order valence-corrected chi connectivity index (χ2v) is 1.38. The van der Waals surface area contributed by atoms with Crippen molar-refractivity contribution in [2.24, 2.45) is 0 Å². The maximum atomic E-state index is 11.9. The monoisotopic (exact) mass is 120 g/mol. The summed E-state index contributed by atoms with van der Waals surface area (Å²) in [4.78, 5) is 0. The summed E-state index contributed by atoms with van der Waals surface area (Å²) in [5.41, 5.74) is 0. The minimum Gasteiger partial charge on any atom is -0.365 e. The van der Waals surface area contributed by atoms with Crippen molar-refractivity contribution in [3.63, 3.8) is 0 Å². The summed E-state index contributed by atoms with van der Waals surface area (Å²) in [6, 6.07) is 0. The summed E-state index contributed by atoms with van der Waals surface area (Å²) in [6.07, 6.45) is -0.701. The highest BCUT2D eigenvalue weighted by Gasteiger charge is 1.92. The molecule has 0 atom stereocenters. The van der Waals surface area contributed by atoms with Gasteiger partial charge in [0.2, 0.25) is 0 Å². The van der Waals surface area contributed by atoms with Crippen LogP contribution in [0, 0.1) is 0 Å². The van der Waals surface area contributed by atoms with Crippen LogP contribution >= 0.6 is 0 Å². The van der Waals surface area contributed by atoms with E-state index >= 15 is 0 Å². The van der Waals surface area contributed by atoms with Gasteiger partial charge in [-0.2, -0.15) is 0 Å². The molecule has 0 aliphatic carbocycles. The van der Waals surface area contributed by atoms with Gasteiger partial charge < -0.3 is 10.2 Å². The fraction of sp³-hybridized carbons (Fsp3) is 0.600. The average Bonchev–Trinajstić information content (AvgIpc) is 1.65. The van der Waals surface area contributed by atoms with Gasteiger partial charge in [-0.15, -0.1) is 0 Å². The van der Waals surface area contributed by atoms with Gasteiger partial charge in [-0.3, -0.25) is 0 Å². The van der Waals surface area contributed by atoms with E-state index in [1.54, 1.807) is 6.92 Å². The highest BCUT2D eigenvalue weighted by atomic mass is 19.1. The Morgan fingerprint density at radius 2 is 2.25 bits per heavy atom. The second kappa shape index (κ2) is 3.57. The third-order valence-electron chi connectivity index (χ3n) is 0.668. The summed E-state index contributed by atoms with van der Waals surface area (Å²) >= 11 is 0. The first kappa shape index (κ1) is 7.59. The fourth-order valence-corrected chi connectivity index (χ4v) is 0.280. The average molecular weight is 120 g/mol. The molecule has 0 aromatic carbocycles. The quantitative estimate of drug-likeness (QED) is 0.523. The molecule has 0 unspecified atom stereocenters. The van der Waals surface area contributed by atoms with Gasteiger partial charge in [-0.25, -0.2) is 4.39 Å². The normalized spacial score (nSPS) is 12.9. The van der Waals surface area contributed by atoms with Crippen molar-refractivity contribution < 1.29 is 14.6 Å². The largest absolute Gasteiger partial charge is 0.365 e. The van der Waals surface area contributed by atoms with Crippen molar-refractivity contribution in [3.8, 4) is 0 Å². The minimum atomic E-state index is -1.66. The van der Waals surface area contributed by atoms with E-state index < -0.39 is 12.1 Å². The fourth-order valence-electron chi connectivity index (χ4n) is 0.280. The standard InChI is InChI=1S/C5H9FO2/c1-2-4(6)3-5(7)8/h3,5,7-8H,2H2,1H3. The molecule has 0 fully saturated rings. The van der Waals surface area contributed by atoms with Crippen molar-refractivity contribution in [1.29, 1.82) is 0 Å². The van der Waals surface area contributed by atoms with Crippen molar-refractivity contribution in [1.82, 2.24) is 0 Å². The Kier molecular flexibility index (Phi) is 3.39. The van der Waals surface area contributed by atoms with Crippen LogP contribution in [0.15, 0.2) is 11.9 Å². The SMILES string of the molecule is CCC(F)=CC(O)O. The van der Waals surface area contributed by atoms with Gasteiger partial charge in [-0.05, 0) is 6.42 Å². The van der Waals surface area contributed by atoms with E-state index in [1.165, 1.54) is 0 Å². The van der Waals surface area contributed by atoms with Crippen molar-refractivity contribution in [2.75, 3.05) is 0 Å². The number of aliphatic hydroxyl groups is 2. The summed E-state index contributed by atoms with van der Waals surface area (Å²) in [5.74, 6) is -0.500. The molecule has 0 rings (SSSR count). The van der Waals surface area contributed by atoms with Gasteiger partial charge in [0.25, 0.3) is 0 Å². The van der Waals surface area contributed by atoms with Crippen molar-refractivity contribution in [2.45, 2.75) is 19.6 Å². The summed E-state index contributed by atoms with van der Waals surface area (Å²) < 4.78 is 11.9. The number of aliphatic hydroxyl groups excluding tert-OH is 1. The lowest BCUT2D eigenvalue weighted by Gasteiger charge is -1.92. The molecule has 0 bridgehead atoms. The van der Waals surface area contributed by atoms with E-state index in [1.807, 2.05) is 0 Å². The summed E-state index contributed by atoms with van der Waals surface area (Å²) in [6.45, 7) is 1.59. The number of allylic oxidation sites excluding steroid dienone is 1. The molecule has 0 spiro atoms. The predicted octanol–water partition coefficient (Wildman–Crippen LogP) is 0.560. The van der Waals surface area contributed by atoms with Gasteiger partial charge in [0, 0.05) is 6.08 Å².